The molecule has 1 aliphatic rings. The van der Waals surface area contributed by atoms with E-state index >= 15 is 0 Å². The number of morpholine rings is 1. The number of ether oxygens (including phenoxy) is 1. The smallest absolute Gasteiger partial charge is 0.105 e. The highest BCUT2D eigenvalue weighted by Crippen LogP contribution is 2.24. The first-order chi connectivity index (χ1) is 8.15. The Morgan fingerprint density at radius 2 is 2.00 bits per heavy atom. The van der Waals surface area contributed by atoms with Gasteiger partial charge in [0.25, 0.3) is 0 Å². The van der Waals surface area contributed by atoms with Crippen molar-refractivity contribution < 1.29 is 4.74 Å². The van der Waals surface area contributed by atoms with Gasteiger partial charge in [-0.15, -0.1) is 0 Å². The second-order valence-electron chi connectivity index (χ2n) is 4.59. The molecule has 1 saturated heterocycles. The molecule has 2 N–H and O–H groups in total. The van der Waals surface area contributed by atoms with Crippen LogP contribution in [0.2, 0.25) is 0 Å². The minimum Gasteiger partial charge on any atom is -0.379 e. The molecule has 1 aromatic heterocycles. The van der Waals surface area contributed by atoms with Crippen LogP contribution in [0.15, 0.2) is 0 Å². The largest absolute Gasteiger partial charge is 0.379 e. The molecular formula is C12H22N4O. The lowest BCUT2D eigenvalue weighted by Crippen LogP contribution is -2.42. The molecule has 0 saturated carbocycles. The van der Waals surface area contributed by atoms with Gasteiger partial charge in [-0.3, -0.25) is 4.90 Å². The summed E-state index contributed by atoms with van der Waals surface area (Å²) in [4.78, 5) is 6.92. The fourth-order valence-electron chi connectivity index (χ4n) is 2.58. The third-order valence-corrected chi connectivity index (χ3v) is 3.57. The van der Waals surface area contributed by atoms with E-state index in [9.17, 15) is 0 Å². The average Bonchev–Trinajstić information content (AvgIpc) is 2.58. The lowest BCUT2D eigenvalue weighted by molar-refractivity contribution is 0.0163. The number of hydrogen-bond acceptors (Lipinski definition) is 4. The summed E-state index contributed by atoms with van der Waals surface area (Å²) in [5.74, 6) is 1.05. The van der Waals surface area contributed by atoms with Gasteiger partial charge in [0.1, 0.15) is 5.82 Å². The molecular weight excluding hydrogens is 216 g/mol. The summed E-state index contributed by atoms with van der Waals surface area (Å²) in [6.45, 7) is 8.21. The highest BCUT2D eigenvalue weighted by molar-refractivity contribution is 5.20. The predicted octanol–water partition coefficient (Wildman–Crippen LogP) is 0.369. The zero-order valence-electron chi connectivity index (χ0n) is 10.9. The Labute approximate surface area is 103 Å². The summed E-state index contributed by atoms with van der Waals surface area (Å²) >= 11 is 0. The average molecular weight is 238 g/mol. The molecule has 0 aromatic carbocycles. The van der Waals surface area contributed by atoms with Crippen LogP contribution < -0.4 is 5.73 Å². The summed E-state index contributed by atoms with van der Waals surface area (Å²) in [6, 6.07) is 0.255. The standard InChI is InChI=1S/C12H22N4O/c1-9-12(15(3)10(2)14-9)11(8-13)16-4-6-17-7-5-16/h11H,4-8,13H2,1-3H3. The number of imidazole rings is 1. The Hall–Kier alpha value is -0.910. The zero-order chi connectivity index (χ0) is 12.4. The highest BCUT2D eigenvalue weighted by atomic mass is 16.5. The molecule has 0 radical (unpaired) electrons. The van der Waals surface area contributed by atoms with Crippen LogP contribution in [-0.4, -0.2) is 47.3 Å². The van der Waals surface area contributed by atoms with Crippen LogP contribution >= 0.6 is 0 Å². The lowest BCUT2D eigenvalue weighted by atomic mass is 10.1. The Bertz CT molecular complexity index is 382. The molecule has 96 valence electrons. The SMILES string of the molecule is Cc1nc(C)n(C)c1C(CN)N1CCOCC1. The van der Waals surface area contributed by atoms with E-state index in [1.54, 1.807) is 0 Å². The summed E-state index contributed by atoms with van der Waals surface area (Å²) < 4.78 is 7.55. The second-order valence-corrected chi connectivity index (χ2v) is 4.59. The van der Waals surface area contributed by atoms with E-state index < -0.39 is 0 Å². The van der Waals surface area contributed by atoms with Gasteiger partial charge in [-0.25, -0.2) is 4.98 Å². The maximum absolute atomic E-state index is 5.96. The van der Waals surface area contributed by atoms with E-state index in [2.05, 4.69) is 28.4 Å². The number of hydrogen-bond donors (Lipinski definition) is 1. The topological polar surface area (TPSA) is 56.3 Å². The molecule has 0 bridgehead atoms. The minimum absolute atomic E-state index is 0.255. The summed E-state index contributed by atoms with van der Waals surface area (Å²) in [5.41, 5.74) is 8.29. The Morgan fingerprint density at radius 1 is 1.35 bits per heavy atom. The fourth-order valence-corrected chi connectivity index (χ4v) is 2.58. The zero-order valence-corrected chi connectivity index (χ0v) is 10.9. The van der Waals surface area contributed by atoms with Gasteiger partial charge < -0.3 is 15.0 Å². The molecule has 0 amide bonds. The monoisotopic (exact) mass is 238 g/mol. The van der Waals surface area contributed by atoms with Crippen LogP contribution in [0.1, 0.15) is 23.3 Å². The van der Waals surface area contributed by atoms with Gasteiger partial charge in [0.2, 0.25) is 0 Å². The van der Waals surface area contributed by atoms with Crippen molar-refractivity contribution in [1.29, 1.82) is 0 Å². The summed E-state index contributed by atoms with van der Waals surface area (Å²) in [7, 11) is 2.06. The Kier molecular flexibility index (Phi) is 3.81. The van der Waals surface area contributed by atoms with Crippen molar-refractivity contribution in [3.63, 3.8) is 0 Å². The van der Waals surface area contributed by atoms with Crippen molar-refractivity contribution in [3.05, 3.63) is 17.2 Å². The predicted molar refractivity (Wildman–Crippen MR) is 66.9 cm³/mol. The number of aromatic nitrogens is 2. The molecule has 0 aliphatic carbocycles. The van der Waals surface area contributed by atoms with Crippen molar-refractivity contribution in [2.75, 3.05) is 32.8 Å². The van der Waals surface area contributed by atoms with Crippen molar-refractivity contribution in [3.8, 4) is 0 Å². The van der Waals surface area contributed by atoms with Crippen LogP contribution in [-0.2, 0) is 11.8 Å². The van der Waals surface area contributed by atoms with Crippen LogP contribution in [0.5, 0.6) is 0 Å². The summed E-state index contributed by atoms with van der Waals surface area (Å²) in [6.07, 6.45) is 0. The van der Waals surface area contributed by atoms with Gasteiger partial charge in [0.15, 0.2) is 0 Å². The molecule has 5 heteroatoms. The maximum atomic E-state index is 5.96. The summed E-state index contributed by atoms with van der Waals surface area (Å²) in [5, 5.41) is 0. The molecule has 1 aliphatic heterocycles. The number of nitrogens with two attached hydrogens (primary N) is 1. The molecule has 1 aromatic rings. The third kappa shape index (κ3) is 2.36. The Morgan fingerprint density at radius 3 is 2.47 bits per heavy atom. The van der Waals surface area contributed by atoms with Crippen molar-refractivity contribution in [1.82, 2.24) is 14.5 Å². The first-order valence-electron chi connectivity index (χ1n) is 6.16. The van der Waals surface area contributed by atoms with Gasteiger partial charge in [-0.1, -0.05) is 0 Å². The van der Waals surface area contributed by atoms with Crippen molar-refractivity contribution in [2.24, 2.45) is 12.8 Å². The van der Waals surface area contributed by atoms with Crippen LogP contribution in [0.4, 0.5) is 0 Å². The van der Waals surface area contributed by atoms with Gasteiger partial charge in [0.05, 0.1) is 30.6 Å². The van der Waals surface area contributed by atoms with Crippen LogP contribution in [0, 0.1) is 13.8 Å². The molecule has 1 unspecified atom stereocenters. The minimum atomic E-state index is 0.255. The Balaban J connectivity index is 2.27. The van der Waals surface area contributed by atoms with Gasteiger partial charge >= 0.3 is 0 Å². The van der Waals surface area contributed by atoms with Crippen molar-refractivity contribution in [2.45, 2.75) is 19.9 Å². The normalized spacial score (nSPS) is 19.5. The lowest BCUT2D eigenvalue weighted by Gasteiger charge is -2.34. The van der Waals surface area contributed by atoms with Crippen LogP contribution in [0.25, 0.3) is 0 Å². The molecule has 5 nitrogen and oxygen atoms in total. The van der Waals surface area contributed by atoms with E-state index in [0.717, 1.165) is 37.8 Å². The van der Waals surface area contributed by atoms with E-state index in [1.165, 1.54) is 5.69 Å². The van der Waals surface area contributed by atoms with E-state index in [1.807, 2.05) is 6.92 Å². The second kappa shape index (κ2) is 5.16. The number of rotatable bonds is 3. The third-order valence-electron chi connectivity index (χ3n) is 3.57. The maximum Gasteiger partial charge on any atom is 0.105 e. The molecule has 1 fully saturated rings. The fraction of sp³-hybridized carbons (Fsp3) is 0.750. The first-order valence-corrected chi connectivity index (χ1v) is 6.16. The highest BCUT2D eigenvalue weighted by Gasteiger charge is 2.26. The van der Waals surface area contributed by atoms with Gasteiger partial charge in [0, 0.05) is 26.7 Å². The number of nitrogens with zero attached hydrogens (tertiary/aromatic N) is 3. The van der Waals surface area contributed by atoms with Crippen molar-refractivity contribution >= 4 is 0 Å². The quantitative estimate of drug-likeness (QED) is 0.826. The molecule has 0 spiro atoms. The van der Waals surface area contributed by atoms with E-state index in [-0.39, 0.29) is 6.04 Å². The first kappa shape index (κ1) is 12.5. The molecule has 17 heavy (non-hydrogen) atoms. The van der Waals surface area contributed by atoms with Crippen LogP contribution in [0.3, 0.4) is 0 Å². The molecule has 1 atom stereocenters. The van der Waals surface area contributed by atoms with E-state index in [4.69, 9.17) is 10.5 Å². The number of aryl methyl sites for hydroxylation is 2. The molecule has 2 heterocycles. The van der Waals surface area contributed by atoms with Gasteiger partial charge in [-0.05, 0) is 13.8 Å². The van der Waals surface area contributed by atoms with Gasteiger partial charge in [-0.2, -0.15) is 0 Å². The molecule has 2 rings (SSSR count). The van der Waals surface area contributed by atoms with E-state index in [0.29, 0.717) is 6.54 Å².